The number of carbonyl (C=O) groups is 1. The maximum absolute atomic E-state index is 13.7. The lowest BCUT2D eigenvalue weighted by Crippen LogP contribution is -2.38. The summed E-state index contributed by atoms with van der Waals surface area (Å²) in [5.41, 5.74) is 0.940. The maximum atomic E-state index is 13.7. The van der Waals surface area contributed by atoms with Crippen LogP contribution in [0.25, 0.3) is 0 Å². The van der Waals surface area contributed by atoms with Crippen LogP contribution in [0.15, 0.2) is 30.3 Å². The molecule has 25 heavy (non-hydrogen) atoms. The number of likely N-dealkylation sites (tertiary alicyclic amines) is 1. The van der Waals surface area contributed by atoms with Crippen LogP contribution < -0.4 is 5.32 Å². The molecule has 3 rings (SSSR count). The molecule has 6 heteroatoms. The molecule has 1 amide bonds. The van der Waals surface area contributed by atoms with E-state index in [1.807, 2.05) is 4.90 Å². The first-order valence-electron chi connectivity index (χ1n) is 8.65. The Kier molecular flexibility index (Phi) is 5.26. The average molecular weight is 342 g/mol. The Hall–Kier alpha value is -2.50. The number of aryl methyl sites for hydroxylation is 1. The highest BCUT2D eigenvalue weighted by molar-refractivity contribution is 5.93. The Morgan fingerprint density at radius 1 is 1.28 bits per heavy atom. The van der Waals surface area contributed by atoms with Gasteiger partial charge in [0.2, 0.25) is 0 Å². The summed E-state index contributed by atoms with van der Waals surface area (Å²) in [6, 6.07) is 8.24. The molecular weight excluding hydrogens is 319 g/mol. The quantitative estimate of drug-likeness (QED) is 0.925. The summed E-state index contributed by atoms with van der Waals surface area (Å²) in [4.78, 5) is 23.1. The van der Waals surface area contributed by atoms with Crippen molar-refractivity contribution in [3.8, 4) is 0 Å². The Bertz CT molecular complexity index is 757. The largest absolute Gasteiger partial charge is 0.366 e. The molecule has 132 valence electrons. The number of amides is 1. The molecule has 0 unspecified atom stereocenters. The van der Waals surface area contributed by atoms with Gasteiger partial charge < -0.3 is 10.2 Å². The Labute approximate surface area is 147 Å². The maximum Gasteiger partial charge on any atom is 0.272 e. The number of carbonyl (C=O) groups excluding carboxylic acids is 1. The van der Waals surface area contributed by atoms with Crippen LogP contribution in [0.1, 0.15) is 41.6 Å². The van der Waals surface area contributed by atoms with Gasteiger partial charge in [0.15, 0.2) is 0 Å². The van der Waals surface area contributed by atoms with Crippen LogP contribution in [0.2, 0.25) is 0 Å². The number of hydrogen-bond donors (Lipinski definition) is 1. The highest BCUT2D eigenvalue weighted by Gasteiger charge is 2.23. The number of nitrogens with one attached hydrogen (secondary N) is 1. The number of nitrogens with zero attached hydrogens (tertiary/aromatic N) is 3. The summed E-state index contributed by atoms with van der Waals surface area (Å²) in [5.74, 6) is 1.39. The molecule has 1 aliphatic rings. The monoisotopic (exact) mass is 342 g/mol. The SMILES string of the molecule is Cc1nc(NCc2ccccc2F)cc(C(=O)N2CCC(C)CC2)n1. The molecule has 1 fully saturated rings. The molecule has 0 saturated carbocycles. The number of aromatic nitrogens is 2. The van der Waals surface area contributed by atoms with Gasteiger partial charge in [0.05, 0.1) is 0 Å². The molecule has 0 atom stereocenters. The van der Waals surface area contributed by atoms with Gasteiger partial charge in [-0.05, 0) is 31.7 Å². The van der Waals surface area contributed by atoms with Crippen molar-refractivity contribution >= 4 is 11.7 Å². The predicted molar refractivity (Wildman–Crippen MR) is 94.8 cm³/mol. The summed E-state index contributed by atoms with van der Waals surface area (Å²) in [6.07, 6.45) is 2.04. The summed E-state index contributed by atoms with van der Waals surface area (Å²) >= 11 is 0. The minimum absolute atomic E-state index is 0.0636. The number of anilines is 1. The summed E-state index contributed by atoms with van der Waals surface area (Å²) < 4.78 is 13.7. The van der Waals surface area contributed by atoms with Crippen molar-refractivity contribution < 1.29 is 9.18 Å². The van der Waals surface area contributed by atoms with E-state index < -0.39 is 0 Å². The number of benzene rings is 1. The summed E-state index contributed by atoms with van der Waals surface area (Å²) in [5, 5.41) is 3.09. The number of hydrogen-bond acceptors (Lipinski definition) is 4. The molecule has 0 radical (unpaired) electrons. The van der Waals surface area contributed by atoms with E-state index in [1.165, 1.54) is 6.07 Å². The highest BCUT2D eigenvalue weighted by Crippen LogP contribution is 2.19. The fraction of sp³-hybridized carbons (Fsp3) is 0.421. The lowest BCUT2D eigenvalue weighted by Gasteiger charge is -2.30. The lowest BCUT2D eigenvalue weighted by molar-refractivity contribution is 0.0691. The van der Waals surface area contributed by atoms with Gasteiger partial charge in [-0.15, -0.1) is 0 Å². The second-order valence-electron chi connectivity index (χ2n) is 6.61. The van der Waals surface area contributed by atoms with Gasteiger partial charge in [0, 0.05) is 31.3 Å². The fourth-order valence-electron chi connectivity index (χ4n) is 2.97. The zero-order valence-corrected chi connectivity index (χ0v) is 14.6. The van der Waals surface area contributed by atoms with E-state index in [4.69, 9.17) is 0 Å². The molecule has 1 aromatic heterocycles. The molecule has 5 nitrogen and oxygen atoms in total. The van der Waals surface area contributed by atoms with Crippen LogP contribution in [0.3, 0.4) is 0 Å². The van der Waals surface area contributed by atoms with Crippen LogP contribution >= 0.6 is 0 Å². The van der Waals surface area contributed by atoms with Gasteiger partial charge in [-0.2, -0.15) is 0 Å². The van der Waals surface area contributed by atoms with Gasteiger partial charge in [-0.25, -0.2) is 14.4 Å². The van der Waals surface area contributed by atoms with Crippen molar-refractivity contribution in [1.82, 2.24) is 14.9 Å². The molecule has 2 heterocycles. The molecule has 1 saturated heterocycles. The van der Waals surface area contributed by atoms with Crippen molar-refractivity contribution in [1.29, 1.82) is 0 Å². The molecule has 2 aromatic rings. The van der Waals surface area contributed by atoms with Crippen molar-refractivity contribution in [2.24, 2.45) is 5.92 Å². The van der Waals surface area contributed by atoms with Gasteiger partial charge in [-0.1, -0.05) is 25.1 Å². The fourth-order valence-corrected chi connectivity index (χ4v) is 2.97. The second-order valence-corrected chi connectivity index (χ2v) is 6.61. The van der Waals surface area contributed by atoms with Crippen LogP contribution in [-0.2, 0) is 6.54 Å². The average Bonchev–Trinajstić information content (AvgIpc) is 2.60. The van der Waals surface area contributed by atoms with Crippen molar-refractivity contribution in [3.05, 3.63) is 53.2 Å². The van der Waals surface area contributed by atoms with E-state index in [9.17, 15) is 9.18 Å². The topological polar surface area (TPSA) is 58.1 Å². The van der Waals surface area contributed by atoms with Crippen LogP contribution in [-0.4, -0.2) is 33.9 Å². The molecule has 0 spiro atoms. The van der Waals surface area contributed by atoms with E-state index in [1.54, 1.807) is 31.2 Å². The number of piperidine rings is 1. The van der Waals surface area contributed by atoms with E-state index in [2.05, 4.69) is 22.2 Å². The predicted octanol–water partition coefficient (Wildman–Crippen LogP) is 3.41. The first kappa shape index (κ1) is 17.3. The van der Waals surface area contributed by atoms with E-state index in [0.717, 1.165) is 25.9 Å². The smallest absolute Gasteiger partial charge is 0.272 e. The molecule has 0 aliphatic carbocycles. The summed E-state index contributed by atoms with van der Waals surface area (Å²) in [7, 11) is 0. The molecule has 1 aromatic carbocycles. The van der Waals surface area contributed by atoms with Gasteiger partial charge in [0.1, 0.15) is 23.2 Å². The standard InChI is InChI=1S/C19H23FN4O/c1-13-7-9-24(10-8-13)19(25)17-11-18(23-14(2)22-17)21-12-15-5-3-4-6-16(15)20/h3-6,11,13H,7-10,12H2,1-2H3,(H,21,22,23). The van der Waals surface area contributed by atoms with Crippen LogP contribution in [0, 0.1) is 18.7 Å². The van der Waals surface area contributed by atoms with Gasteiger partial charge >= 0.3 is 0 Å². The molecular formula is C19H23FN4O. The normalized spacial score (nSPS) is 15.2. The Morgan fingerprint density at radius 3 is 2.72 bits per heavy atom. The molecule has 1 N–H and O–H groups in total. The first-order valence-corrected chi connectivity index (χ1v) is 8.65. The molecule has 1 aliphatic heterocycles. The third-order valence-corrected chi connectivity index (χ3v) is 4.55. The summed E-state index contributed by atoms with van der Waals surface area (Å²) in [6.45, 7) is 5.80. The zero-order chi connectivity index (χ0) is 17.8. The van der Waals surface area contributed by atoms with Crippen molar-refractivity contribution in [2.75, 3.05) is 18.4 Å². The first-order chi connectivity index (χ1) is 12.0. The Morgan fingerprint density at radius 2 is 2.00 bits per heavy atom. The minimum Gasteiger partial charge on any atom is -0.366 e. The number of rotatable bonds is 4. The van der Waals surface area contributed by atoms with E-state index in [0.29, 0.717) is 35.4 Å². The van der Waals surface area contributed by atoms with Gasteiger partial charge in [0.25, 0.3) is 5.91 Å². The van der Waals surface area contributed by atoms with E-state index >= 15 is 0 Å². The van der Waals surface area contributed by atoms with Crippen molar-refractivity contribution in [2.45, 2.75) is 33.2 Å². The highest BCUT2D eigenvalue weighted by atomic mass is 19.1. The van der Waals surface area contributed by atoms with E-state index in [-0.39, 0.29) is 11.7 Å². The number of halogens is 1. The minimum atomic E-state index is -0.264. The van der Waals surface area contributed by atoms with Gasteiger partial charge in [-0.3, -0.25) is 4.79 Å². The molecule has 0 bridgehead atoms. The van der Waals surface area contributed by atoms with Crippen LogP contribution in [0.4, 0.5) is 10.2 Å². The second kappa shape index (κ2) is 7.59. The van der Waals surface area contributed by atoms with Crippen LogP contribution in [0.5, 0.6) is 0 Å². The lowest BCUT2D eigenvalue weighted by atomic mass is 9.99. The third kappa shape index (κ3) is 4.32. The Balaban J connectivity index is 1.72. The third-order valence-electron chi connectivity index (χ3n) is 4.55. The van der Waals surface area contributed by atoms with Crippen molar-refractivity contribution in [3.63, 3.8) is 0 Å². The zero-order valence-electron chi connectivity index (χ0n) is 14.6.